The van der Waals surface area contributed by atoms with Crippen molar-refractivity contribution >= 4 is 5.91 Å². The van der Waals surface area contributed by atoms with E-state index in [0.717, 1.165) is 6.42 Å². The second kappa shape index (κ2) is 3.74. The van der Waals surface area contributed by atoms with E-state index in [0.29, 0.717) is 38.8 Å². The number of hydrogen-bond donors (Lipinski definition) is 1. The zero-order valence-electron chi connectivity index (χ0n) is 9.70. The van der Waals surface area contributed by atoms with E-state index in [1.165, 1.54) is 0 Å². The number of nitriles is 1. The molecule has 0 aromatic rings. The van der Waals surface area contributed by atoms with Crippen molar-refractivity contribution in [3.8, 4) is 6.07 Å². The molecule has 0 unspecified atom stereocenters. The van der Waals surface area contributed by atoms with E-state index in [-0.39, 0.29) is 5.91 Å². The van der Waals surface area contributed by atoms with E-state index >= 15 is 0 Å². The van der Waals surface area contributed by atoms with Crippen LogP contribution in [0.15, 0.2) is 0 Å². The summed E-state index contributed by atoms with van der Waals surface area (Å²) in [4.78, 5) is 13.9. The molecule has 0 aromatic heterocycles. The summed E-state index contributed by atoms with van der Waals surface area (Å²) in [6.07, 6.45) is 3.61. The zero-order valence-corrected chi connectivity index (χ0v) is 9.70. The lowest BCUT2D eigenvalue weighted by Crippen LogP contribution is -2.52. The average molecular weight is 222 g/mol. The largest absolute Gasteiger partial charge is 0.390 e. The number of amides is 1. The Labute approximate surface area is 95.9 Å². The average Bonchev–Trinajstić information content (AvgIpc) is 2.16. The minimum Gasteiger partial charge on any atom is -0.390 e. The highest BCUT2D eigenvalue weighted by molar-refractivity contribution is 5.86. The molecule has 0 atom stereocenters. The predicted molar refractivity (Wildman–Crippen MR) is 58.3 cm³/mol. The van der Waals surface area contributed by atoms with Crippen LogP contribution < -0.4 is 0 Å². The Morgan fingerprint density at radius 1 is 1.31 bits per heavy atom. The van der Waals surface area contributed by atoms with Gasteiger partial charge in [-0.1, -0.05) is 0 Å². The van der Waals surface area contributed by atoms with Crippen LogP contribution in [0.2, 0.25) is 0 Å². The Morgan fingerprint density at radius 3 is 2.25 bits per heavy atom. The number of nitrogens with zero attached hydrogens (tertiary/aromatic N) is 2. The number of carbonyl (C=O) groups is 1. The standard InChI is InChI=1S/C12H18N2O2/c1-11(16)5-7-14(8-6-11)10(15)12(9-13)3-2-4-12/h16H,2-8H2,1H3. The Hall–Kier alpha value is -1.08. The first-order valence-corrected chi connectivity index (χ1v) is 5.92. The second-order valence-electron chi connectivity index (χ2n) is 5.34. The van der Waals surface area contributed by atoms with Gasteiger partial charge in [-0.15, -0.1) is 0 Å². The third-order valence-corrected chi connectivity index (χ3v) is 3.96. The molecule has 1 N–H and O–H groups in total. The second-order valence-corrected chi connectivity index (χ2v) is 5.34. The van der Waals surface area contributed by atoms with E-state index < -0.39 is 11.0 Å². The lowest BCUT2D eigenvalue weighted by molar-refractivity contribution is -0.146. The molecule has 1 amide bonds. The molecule has 88 valence electrons. The zero-order chi connectivity index (χ0) is 11.8. The Kier molecular flexibility index (Phi) is 2.67. The maximum atomic E-state index is 12.2. The molecule has 2 fully saturated rings. The van der Waals surface area contributed by atoms with E-state index in [1.54, 1.807) is 11.8 Å². The number of likely N-dealkylation sites (tertiary alicyclic amines) is 1. The molecule has 4 heteroatoms. The normalized spacial score (nSPS) is 26.7. The molecule has 0 bridgehead atoms. The molecule has 4 nitrogen and oxygen atoms in total. The molecular weight excluding hydrogens is 204 g/mol. The van der Waals surface area contributed by atoms with Gasteiger partial charge in [0.05, 0.1) is 11.7 Å². The SMILES string of the molecule is CC1(O)CCN(C(=O)C2(C#N)CCC2)CC1. The van der Waals surface area contributed by atoms with Crippen molar-refractivity contribution in [3.63, 3.8) is 0 Å². The van der Waals surface area contributed by atoms with Crippen molar-refractivity contribution in [1.29, 1.82) is 5.26 Å². The molecular formula is C12H18N2O2. The van der Waals surface area contributed by atoms with Crippen molar-refractivity contribution < 1.29 is 9.90 Å². The van der Waals surface area contributed by atoms with Crippen LogP contribution in [-0.2, 0) is 4.79 Å². The first kappa shape index (κ1) is 11.4. The van der Waals surface area contributed by atoms with Gasteiger partial charge >= 0.3 is 0 Å². The number of hydrogen-bond acceptors (Lipinski definition) is 3. The molecule has 1 saturated carbocycles. The van der Waals surface area contributed by atoms with Crippen LogP contribution in [0, 0.1) is 16.7 Å². The lowest BCUT2D eigenvalue weighted by atomic mass is 9.68. The molecule has 1 saturated heterocycles. The third kappa shape index (κ3) is 1.80. The molecule has 16 heavy (non-hydrogen) atoms. The van der Waals surface area contributed by atoms with E-state index in [2.05, 4.69) is 6.07 Å². The summed E-state index contributed by atoms with van der Waals surface area (Å²) in [5.74, 6) is -0.0169. The summed E-state index contributed by atoms with van der Waals surface area (Å²) in [7, 11) is 0. The first-order chi connectivity index (χ1) is 7.49. The van der Waals surface area contributed by atoms with Gasteiger partial charge in [0.15, 0.2) is 0 Å². The van der Waals surface area contributed by atoms with Gasteiger partial charge in [0.2, 0.25) is 5.91 Å². The highest BCUT2D eigenvalue weighted by atomic mass is 16.3. The first-order valence-electron chi connectivity index (χ1n) is 5.92. The summed E-state index contributed by atoms with van der Waals surface area (Å²) in [5.41, 5.74) is -1.38. The fraction of sp³-hybridized carbons (Fsp3) is 0.833. The number of carbonyl (C=O) groups excluding carboxylic acids is 1. The molecule has 0 aromatic carbocycles. The van der Waals surface area contributed by atoms with Crippen LogP contribution in [-0.4, -0.2) is 34.6 Å². The van der Waals surface area contributed by atoms with Gasteiger partial charge in [0.25, 0.3) is 0 Å². The Morgan fingerprint density at radius 2 is 1.88 bits per heavy atom. The monoisotopic (exact) mass is 222 g/mol. The Bertz CT molecular complexity index is 329. The minimum absolute atomic E-state index is 0.0169. The van der Waals surface area contributed by atoms with Crippen LogP contribution in [0.25, 0.3) is 0 Å². The van der Waals surface area contributed by atoms with Crippen LogP contribution in [0.4, 0.5) is 0 Å². The van der Waals surface area contributed by atoms with Crippen molar-refractivity contribution in [2.45, 2.75) is 44.6 Å². The van der Waals surface area contributed by atoms with Gasteiger partial charge in [0.1, 0.15) is 5.41 Å². The highest BCUT2D eigenvalue weighted by Crippen LogP contribution is 2.42. The van der Waals surface area contributed by atoms with Crippen LogP contribution >= 0.6 is 0 Å². The third-order valence-electron chi connectivity index (χ3n) is 3.96. The minimum atomic E-state index is -0.733. The maximum Gasteiger partial charge on any atom is 0.243 e. The van der Waals surface area contributed by atoms with Crippen molar-refractivity contribution in [2.24, 2.45) is 5.41 Å². The highest BCUT2D eigenvalue weighted by Gasteiger charge is 2.47. The van der Waals surface area contributed by atoms with E-state index in [4.69, 9.17) is 5.26 Å². The van der Waals surface area contributed by atoms with Gasteiger partial charge in [-0.2, -0.15) is 5.26 Å². The molecule has 2 aliphatic rings. The van der Waals surface area contributed by atoms with Crippen molar-refractivity contribution in [3.05, 3.63) is 0 Å². The summed E-state index contributed by atoms with van der Waals surface area (Å²) in [5, 5.41) is 18.9. The van der Waals surface area contributed by atoms with E-state index in [9.17, 15) is 9.90 Å². The number of rotatable bonds is 1. The predicted octanol–water partition coefficient (Wildman–Crippen LogP) is 1.05. The van der Waals surface area contributed by atoms with Gasteiger partial charge < -0.3 is 10.0 Å². The fourth-order valence-corrected chi connectivity index (χ4v) is 2.40. The summed E-state index contributed by atoms with van der Waals surface area (Å²) >= 11 is 0. The van der Waals surface area contributed by atoms with Gasteiger partial charge in [-0.25, -0.2) is 0 Å². The smallest absolute Gasteiger partial charge is 0.243 e. The molecule has 2 rings (SSSR count). The van der Waals surface area contributed by atoms with Crippen molar-refractivity contribution in [2.75, 3.05) is 13.1 Å². The van der Waals surface area contributed by atoms with Crippen LogP contribution in [0.3, 0.4) is 0 Å². The lowest BCUT2D eigenvalue weighted by Gasteiger charge is -2.42. The quantitative estimate of drug-likeness (QED) is 0.721. The number of piperidine rings is 1. The molecule has 1 aliphatic heterocycles. The summed E-state index contributed by atoms with van der Waals surface area (Å²) in [6.45, 7) is 2.96. The molecule has 0 spiro atoms. The van der Waals surface area contributed by atoms with Crippen LogP contribution in [0.5, 0.6) is 0 Å². The molecule has 1 heterocycles. The van der Waals surface area contributed by atoms with Crippen LogP contribution in [0.1, 0.15) is 39.0 Å². The van der Waals surface area contributed by atoms with Gasteiger partial charge in [-0.3, -0.25) is 4.79 Å². The Balaban J connectivity index is 2.00. The topological polar surface area (TPSA) is 64.3 Å². The molecule has 0 radical (unpaired) electrons. The van der Waals surface area contributed by atoms with Gasteiger partial charge in [0, 0.05) is 13.1 Å². The summed E-state index contributed by atoms with van der Waals surface area (Å²) < 4.78 is 0. The fourth-order valence-electron chi connectivity index (χ4n) is 2.40. The van der Waals surface area contributed by atoms with E-state index in [1.807, 2.05) is 0 Å². The van der Waals surface area contributed by atoms with Crippen molar-refractivity contribution in [1.82, 2.24) is 4.90 Å². The summed E-state index contributed by atoms with van der Waals surface area (Å²) in [6, 6.07) is 2.18. The maximum absolute atomic E-state index is 12.2. The van der Waals surface area contributed by atoms with Gasteiger partial charge in [-0.05, 0) is 39.0 Å². The molecule has 1 aliphatic carbocycles. The number of aliphatic hydroxyl groups is 1.